The highest BCUT2D eigenvalue weighted by Crippen LogP contribution is 2.12. The van der Waals surface area contributed by atoms with Gasteiger partial charge in [-0.1, -0.05) is 0 Å². The number of likely N-dealkylation sites (N-methyl/N-ethyl adjacent to an activating group) is 2. The quantitative estimate of drug-likeness (QED) is 0.807. The normalized spacial score (nSPS) is 15.2. The number of anilines is 1. The maximum absolute atomic E-state index is 12.6. The van der Waals surface area contributed by atoms with Crippen LogP contribution in [0.5, 0.6) is 0 Å². The van der Waals surface area contributed by atoms with E-state index in [2.05, 4.69) is 31.8 Å². The third kappa shape index (κ3) is 4.51. The molecule has 25 heavy (non-hydrogen) atoms. The molecule has 1 aliphatic heterocycles. The first-order valence-electron chi connectivity index (χ1n) is 8.54. The largest absolute Gasteiger partial charge is 0.340 e. The summed E-state index contributed by atoms with van der Waals surface area (Å²) < 4.78 is 0. The lowest BCUT2D eigenvalue weighted by Crippen LogP contribution is -2.45. The zero-order chi connectivity index (χ0) is 17.6. The van der Waals surface area contributed by atoms with Crippen molar-refractivity contribution in [3.05, 3.63) is 48.0 Å². The van der Waals surface area contributed by atoms with Crippen molar-refractivity contribution in [1.82, 2.24) is 24.8 Å². The minimum atomic E-state index is -0.0770. The lowest BCUT2D eigenvalue weighted by atomic mass is 10.2. The standard InChI is InChI=1S/C18H24N6O/c1-22-11-13-24(14-12-22)18-20-9-5-16(21-18)17(25)23(2)10-6-15-3-7-19-8-4-15/h3-5,7-9H,6,10-14H2,1-2H3. The Balaban J connectivity index is 1.62. The predicted octanol–water partition coefficient (Wildman–Crippen LogP) is 0.938. The van der Waals surface area contributed by atoms with E-state index in [0.29, 0.717) is 18.2 Å². The fourth-order valence-electron chi connectivity index (χ4n) is 2.77. The Morgan fingerprint density at radius 1 is 1.12 bits per heavy atom. The van der Waals surface area contributed by atoms with Crippen molar-refractivity contribution < 1.29 is 4.79 Å². The average Bonchev–Trinajstić information content (AvgIpc) is 2.67. The summed E-state index contributed by atoms with van der Waals surface area (Å²) in [5, 5.41) is 0. The third-order valence-electron chi connectivity index (χ3n) is 4.48. The Bertz CT molecular complexity index is 700. The van der Waals surface area contributed by atoms with E-state index >= 15 is 0 Å². The van der Waals surface area contributed by atoms with Gasteiger partial charge in [0, 0.05) is 58.4 Å². The van der Waals surface area contributed by atoms with Crippen LogP contribution < -0.4 is 4.90 Å². The Hall–Kier alpha value is -2.54. The van der Waals surface area contributed by atoms with Gasteiger partial charge in [-0.15, -0.1) is 0 Å². The van der Waals surface area contributed by atoms with Gasteiger partial charge in [0.25, 0.3) is 5.91 Å². The van der Waals surface area contributed by atoms with Crippen molar-refractivity contribution in [3.8, 4) is 0 Å². The molecular weight excluding hydrogens is 316 g/mol. The molecule has 0 unspecified atom stereocenters. The molecule has 0 atom stereocenters. The van der Waals surface area contributed by atoms with Crippen molar-refractivity contribution in [3.63, 3.8) is 0 Å². The number of pyridine rings is 1. The molecule has 7 nitrogen and oxygen atoms in total. The number of rotatable bonds is 5. The lowest BCUT2D eigenvalue weighted by molar-refractivity contribution is 0.0790. The molecule has 0 radical (unpaired) electrons. The van der Waals surface area contributed by atoms with E-state index in [1.165, 1.54) is 0 Å². The van der Waals surface area contributed by atoms with Crippen LogP contribution in [0.15, 0.2) is 36.8 Å². The Morgan fingerprint density at radius 3 is 2.56 bits per heavy atom. The molecule has 0 saturated carbocycles. The van der Waals surface area contributed by atoms with Gasteiger partial charge >= 0.3 is 0 Å². The highest BCUT2D eigenvalue weighted by Gasteiger charge is 2.19. The Labute approximate surface area is 148 Å². The minimum absolute atomic E-state index is 0.0770. The highest BCUT2D eigenvalue weighted by atomic mass is 16.2. The number of aromatic nitrogens is 3. The minimum Gasteiger partial charge on any atom is -0.340 e. The van der Waals surface area contributed by atoms with Crippen LogP contribution in [0.2, 0.25) is 0 Å². The van der Waals surface area contributed by atoms with Gasteiger partial charge in [0.1, 0.15) is 5.69 Å². The first-order valence-corrected chi connectivity index (χ1v) is 8.54. The first kappa shape index (κ1) is 17.3. The maximum atomic E-state index is 12.6. The van der Waals surface area contributed by atoms with Crippen LogP contribution in [-0.4, -0.2) is 77.5 Å². The molecule has 0 bridgehead atoms. The molecule has 132 valence electrons. The third-order valence-corrected chi connectivity index (χ3v) is 4.48. The monoisotopic (exact) mass is 340 g/mol. The van der Waals surface area contributed by atoms with E-state index in [0.717, 1.165) is 38.2 Å². The van der Waals surface area contributed by atoms with Gasteiger partial charge in [-0.3, -0.25) is 9.78 Å². The van der Waals surface area contributed by atoms with Gasteiger partial charge in [-0.05, 0) is 37.2 Å². The van der Waals surface area contributed by atoms with Crippen LogP contribution in [-0.2, 0) is 6.42 Å². The number of carbonyl (C=O) groups excluding carboxylic acids is 1. The molecular formula is C18H24N6O. The van der Waals surface area contributed by atoms with E-state index in [9.17, 15) is 4.79 Å². The zero-order valence-electron chi connectivity index (χ0n) is 14.8. The zero-order valence-corrected chi connectivity index (χ0v) is 14.8. The van der Waals surface area contributed by atoms with Gasteiger partial charge in [0.05, 0.1) is 0 Å². The van der Waals surface area contributed by atoms with E-state index in [1.807, 2.05) is 12.1 Å². The average molecular weight is 340 g/mol. The highest BCUT2D eigenvalue weighted by molar-refractivity contribution is 5.92. The van der Waals surface area contributed by atoms with Gasteiger partial charge < -0.3 is 14.7 Å². The van der Waals surface area contributed by atoms with Crippen molar-refractivity contribution in [2.24, 2.45) is 0 Å². The molecule has 0 spiro atoms. The number of hydrogen-bond acceptors (Lipinski definition) is 6. The topological polar surface area (TPSA) is 65.5 Å². The van der Waals surface area contributed by atoms with E-state index < -0.39 is 0 Å². The number of hydrogen-bond donors (Lipinski definition) is 0. The predicted molar refractivity (Wildman–Crippen MR) is 96.6 cm³/mol. The Morgan fingerprint density at radius 2 is 1.84 bits per heavy atom. The van der Waals surface area contributed by atoms with Crippen LogP contribution in [0, 0.1) is 0 Å². The molecule has 7 heteroatoms. The second kappa shape index (κ2) is 8.02. The number of amides is 1. The van der Waals surface area contributed by atoms with Crippen LogP contribution in [0.3, 0.4) is 0 Å². The number of carbonyl (C=O) groups is 1. The summed E-state index contributed by atoms with van der Waals surface area (Å²) in [7, 11) is 3.91. The summed E-state index contributed by atoms with van der Waals surface area (Å²) in [6.07, 6.45) is 6.00. The van der Waals surface area contributed by atoms with Crippen molar-refractivity contribution in [1.29, 1.82) is 0 Å². The first-order chi connectivity index (χ1) is 12.1. The fraction of sp³-hybridized carbons (Fsp3) is 0.444. The summed E-state index contributed by atoms with van der Waals surface area (Å²) in [6.45, 7) is 4.36. The van der Waals surface area contributed by atoms with Gasteiger partial charge in [-0.25, -0.2) is 9.97 Å². The van der Waals surface area contributed by atoms with Crippen molar-refractivity contribution in [2.45, 2.75) is 6.42 Å². The van der Waals surface area contributed by atoms with Crippen LogP contribution >= 0.6 is 0 Å². The van der Waals surface area contributed by atoms with Gasteiger partial charge in [0.15, 0.2) is 0 Å². The Kier molecular flexibility index (Phi) is 5.55. The summed E-state index contributed by atoms with van der Waals surface area (Å²) in [5.74, 6) is 0.563. The molecule has 1 aliphatic rings. The van der Waals surface area contributed by atoms with Crippen LogP contribution in [0.4, 0.5) is 5.95 Å². The molecule has 3 rings (SSSR count). The second-order valence-corrected chi connectivity index (χ2v) is 6.36. The van der Waals surface area contributed by atoms with E-state index in [4.69, 9.17) is 0 Å². The number of piperazine rings is 1. The lowest BCUT2D eigenvalue weighted by Gasteiger charge is -2.32. The maximum Gasteiger partial charge on any atom is 0.272 e. The molecule has 2 aromatic rings. The molecule has 0 N–H and O–H groups in total. The van der Waals surface area contributed by atoms with Crippen molar-refractivity contribution in [2.75, 3.05) is 51.7 Å². The second-order valence-electron chi connectivity index (χ2n) is 6.36. The van der Waals surface area contributed by atoms with Crippen molar-refractivity contribution >= 4 is 11.9 Å². The summed E-state index contributed by atoms with van der Waals surface area (Å²) >= 11 is 0. The molecule has 1 saturated heterocycles. The summed E-state index contributed by atoms with van der Waals surface area (Å²) in [4.78, 5) is 31.6. The van der Waals surface area contributed by atoms with E-state index in [1.54, 1.807) is 36.6 Å². The van der Waals surface area contributed by atoms with E-state index in [-0.39, 0.29) is 5.91 Å². The molecule has 0 aromatic carbocycles. The fourth-order valence-corrected chi connectivity index (χ4v) is 2.77. The van der Waals surface area contributed by atoms with Crippen LogP contribution in [0.25, 0.3) is 0 Å². The van der Waals surface area contributed by atoms with Crippen LogP contribution in [0.1, 0.15) is 16.1 Å². The van der Waals surface area contributed by atoms with Gasteiger partial charge in [0.2, 0.25) is 5.95 Å². The SMILES string of the molecule is CN1CCN(c2nccc(C(=O)N(C)CCc3ccncc3)n2)CC1. The van der Waals surface area contributed by atoms with Gasteiger partial charge in [-0.2, -0.15) is 0 Å². The molecule has 1 fully saturated rings. The molecule has 3 heterocycles. The summed E-state index contributed by atoms with van der Waals surface area (Å²) in [5.41, 5.74) is 1.61. The molecule has 1 amide bonds. The molecule has 2 aromatic heterocycles. The smallest absolute Gasteiger partial charge is 0.272 e. The summed E-state index contributed by atoms with van der Waals surface area (Å²) in [6, 6.07) is 5.62. The molecule has 0 aliphatic carbocycles. The number of nitrogens with zero attached hydrogens (tertiary/aromatic N) is 6.